The number of aromatic nitrogens is 1. The second-order valence-electron chi connectivity index (χ2n) is 13.2. The van der Waals surface area contributed by atoms with E-state index in [0.29, 0.717) is 24.6 Å². The molecule has 0 radical (unpaired) electrons. The average Bonchev–Trinajstić information content (AvgIpc) is 3.63. The van der Waals surface area contributed by atoms with Gasteiger partial charge >= 0.3 is 12.1 Å². The van der Waals surface area contributed by atoms with Gasteiger partial charge in [0.2, 0.25) is 6.29 Å². The molecule has 49 heavy (non-hydrogen) atoms. The van der Waals surface area contributed by atoms with Crippen molar-refractivity contribution in [3.63, 3.8) is 0 Å². The lowest BCUT2D eigenvalue weighted by molar-refractivity contribution is -0.0914. The molecule has 2 aliphatic carbocycles. The zero-order chi connectivity index (χ0) is 34.0. The van der Waals surface area contributed by atoms with E-state index < -0.39 is 18.4 Å². The first-order valence-corrected chi connectivity index (χ1v) is 18.4. The van der Waals surface area contributed by atoms with Crippen LogP contribution in [0.3, 0.4) is 0 Å². The van der Waals surface area contributed by atoms with Gasteiger partial charge in [-0.1, -0.05) is 62.1 Å². The van der Waals surface area contributed by atoms with Crippen LogP contribution in [0.5, 0.6) is 5.75 Å². The van der Waals surface area contributed by atoms with Crippen LogP contribution >= 0.6 is 11.3 Å². The summed E-state index contributed by atoms with van der Waals surface area (Å²) in [5, 5.41) is 2.95. The molecular weight excluding hydrogens is 637 g/mol. The van der Waals surface area contributed by atoms with Gasteiger partial charge in [-0.05, 0) is 97.5 Å². The van der Waals surface area contributed by atoms with Crippen LogP contribution in [0.4, 0.5) is 9.93 Å². The highest BCUT2D eigenvalue weighted by molar-refractivity contribution is 7.14. The van der Waals surface area contributed by atoms with E-state index >= 15 is 0 Å². The lowest BCUT2D eigenvalue weighted by Gasteiger charge is -2.22. The predicted octanol–water partition coefficient (Wildman–Crippen LogP) is 10.1. The van der Waals surface area contributed by atoms with Gasteiger partial charge in [0.25, 0.3) is 0 Å². The molecule has 0 spiro atoms. The minimum Gasteiger partial charge on any atom is -0.489 e. The number of hydrogen-bond donors (Lipinski definition) is 0. The fraction of sp³-hybridized carbons (Fsp3) is 0.425. The Kier molecular flexibility index (Phi) is 11.8. The number of benzene rings is 3. The van der Waals surface area contributed by atoms with Crippen LogP contribution in [0, 0.1) is 0 Å². The molecule has 0 amide bonds. The van der Waals surface area contributed by atoms with Crippen molar-refractivity contribution in [1.29, 1.82) is 0 Å². The number of anilines is 1. The fourth-order valence-electron chi connectivity index (χ4n) is 6.60. The first kappa shape index (κ1) is 34.5. The third kappa shape index (κ3) is 9.85. The Morgan fingerprint density at radius 1 is 0.816 bits per heavy atom. The quantitative estimate of drug-likeness (QED) is 0.108. The minimum atomic E-state index is -1.05. The highest BCUT2D eigenvalue weighted by Crippen LogP contribution is 2.33. The Balaban J connectivity index is 0.946. The summed E-state index contributed by atoms with van der Waals surface area (Å²) in [7, 11) is 1.99. The molecule has 0 N–H and O–H groups in total. The highest BCUT2D eigenvalue weighted by atomic mass is 32.1. The number of esters is 1. The van der Waals surface area contributed by atoms with Crippen LogP contribution in [-0.4, -0.2) is 36.6 Å². The first-order valence-electron chi connectivity index (χ1n) is 17.6. The van der Waals surface area contributed by atoms with Gasteiger partial charge in [-0.3, -0.25) is 0 Å². The van der Waals surface area contributed by atoms with Crippen LogP contribution < -0.4 is 9.64 Å². The maximum absolute atomic E-state index is 12.6. The number of hydrogen-bond acceptors (Lipinski definition) is 9. The topological polar surface area (TPSA) is 87.2 Å². The Hall–Kier alpha value is -4.37. The smallest absolute Gasteiger partial charge is 0.489 e. The maximum Gasteiger partial charge on any atom is 0.511 e. The average molecular weight is 683 g/mol. The van der Waals surface area contributed by atoms with Crippen molar-refractivity contribution >= 4 is 28.6 Å². The molecule has 258 valence electrons. The molecule has 2 saturated carbocycles. The van der Waals surface area contributed by atoms with Crippen molar-refractivity contribution in [2.24, 2.45) is 0 Å². The highest BCUT2D eigenvalue weighted by Gasteiger charge is 2.22. The largest absolute Gasteiger partial charge is 0.511 e. The summed E-state index contributed by atoms with van der Waals surface area (Å²) < 4.78 is 21.9. The molecule has 1 aromatic heterocycles. The van der Waals surface area contributed by atoms with E-state index in [-0.39, 0.29) is 6.10 Å². The van der Waals surface area contributed by atoms with Crippen LogP contribution in [0.1, 0.15) is 104 Å². The number of rotatable bonds is 12. The molecule has 1 unspecified atom stereocenters. The molecule has 3 aromatic carbocycles. The van der Waals surface area contributed by atoms with Gasteiger partial charge in [-0.15, -0.1) is 11.3 Å². The van der Waals surface area contributed by atoms with Gasteiger partial charge in [0.15, 0.2) is 5.13 Å². The van der Waals surface area contributed by atoms with Crippen molar-refractivity contribution in [3.05, 3.63) is 100 Å². The van der Waals surface area contributed by atoms with Crippen LogP contribution in [0.25, 0.3) is 11.3 Å². The van der Waals surface area contributed by atoms with E-state index in [1.807, 2.05) is 43.4 Å². The molecular formula is C40H46N2O6S. The van der Waals surface area contributed by atoms with Crippen molar-refractivity contribution in [1.82, 2.24) is 4.98 Å². The van der Waals surface area contributed by atoms with Crippen LogP contribution in [0.15, 0.2) is 78.2 Å². The molecule has 8 nitrogen and oxygen atoms in total. The van der Waals surface area contributed by atoms with Crippen molar-refractivity contribution in [3.8, 4) is 17.0 Å². The second kappa shape index (κ2) is 16.8. The Labute approximate surface area is 293 Å². The van der Waals surface area contributed by atoms with E-state index in [4.69, 9.17) is 23.9 Å². The van der Waals surface area contributed by atoms with Gasteiger partial charge in [0.1, 0.15) is 18.5 Å². The van der Waals surface area contributed by atoms with Crippen LogP contribution in [-0.2, 0) is 27.4 Å². The molecule has 2 aliphatic rings. The van der Waals surface area contributed by atoms with Gasteiger partial charge in [-0.25, -0.2) is 14.6 Å². The zero-order valence-corrected chi connectivity index (χ0v) is 29.3. The van der Waals surface area contributed by atoms with E-state index in [1.165, 1.54) is 50.2 Å². The van der Waals surface area contributed by atoms with E-state index in [1.54, 1.807) is 23.5 Å². The van der Waals surface area contributed by atoms with Crippen molar-refractivity contribution in [2.75, 3.05) is 11.9 Å². The summed E-state index contributed by atoms with van der Waals surface area (Å²) in [4.78, 5) is 31.6. The SMILES string of the molecule is CC(OC(=O)OC1CCCCC1)OC(=O)c1ccc(CN(C)c2nc(-c3ccc(OCc4ccc(C5CCCCC5)cc4)cc3)cs2)cc1. The Morgan fingerprint density at radius 3 is 2.16 bits per heavy atom. The molecule has 0 bridgehead atoms. The third-order valence-electron chi connectivity index (χ3n) is 9.39. The standard InChI is InChI=1S/C40H46N2O6S/c1-28(47-40(44)48-36-11-7-4-8-12-36)46-38(43)34-19-13-29(14-20-34)25-42(2)39-41-37(27-49-39)33-21-23-35(24-22-33)45-26-30-15-17-32(18-16-30)31-9-5-3-6-10-31/h13-24,27-28,31,36H,3-12,25-26H2,1-2H3. The number of carbonyl (C=O) groups excluding carboxylic acids is 2. The van der Waals surface area contributed by atoms with Crippen LogP contribution in [0.2, 0.25) is 0 Å². The van der Waals surface area contributed by atoms with E-state index in [0.717, 1.165) is 59.8 Å². The number of ether oxygens (including phenoxy) is 4. The van der Waals surface area contributed by atoms with Crippen molar-refractivity contribution < 1.29 is 28.5 Å². The lowest BCUT2D eigenvalue weighted by atomic mass is 9.84. The summed E-state index contributed by atoms with van der Waals surface area (Å²) in [5.74, 6) is 0.982. The normalized spacial score (nSPS) is 16.0. The summed E-state index contributed by atoms with van der Waals surface area (Å²) in [6.45, 7) is 2.66. The molecule has 2 fully saturated rings. The second-order valence-corrected chi connectivity index (χ2v) is 14.0. The Bertz CT molecular complexity index is 1640. The number of carbonyl (C=O) groups is 2. The lowest BCUT2D eigenvalue weighted by Crippen LogP contribution is -2.26. The summed E-state index contributed by atoms with van der Waals surface area (Å²) in [6.07, 6.45) is 9.64. The Morgan fingerprint density at radius 2 is 1.47 bits per heavy atom. The minimum absolute atomic E-state index is 0.123. The molecule has 4 aromatic rings. The number of nitrogens with zero attached hydrogens (tertiary/aromatic N) is 2. The third-order valence-corrected chi connectivity index (χ3v) is 10.3. The van der Waals surface area contributed by atoms with Gasteiger partial charge in [0, 0.05) is 31.5 Å². The predicted molar refractivity (Wildman–Crippen MR) is 192 cm³/mol. The van der Waals surface area contributed by atoms with Gasteiger partial charge in [0.05, 0.1) is 11.3 Å². The molecule has 1 heterocycles. The molecule has 0 saturated heterocycles. The molecule has 1 atom stereocenters. The van der Waals surface area contributed by atoms with E-state index in [9.17, 15) is 9.59 Å². The summed E-state index contributed by atoms with van der Waals surface area (Å²) in [6, 6.07) is 24.2. The first-order chi connectivity index (χ1) is 23.9. The molecule has 9 heteroatoms. The number of thiazole rings is 1. The molecule has 0 aliphatic heterocycles. The summed E-state index contributed by atoms with van der Waals surface area (Å²) >= 11 is 1.58. The van der Waals surface area contributed by atoms with Crippen molar-refractivity contribution in [2.45, 2.75) is 103 Å². The monoisotopic (exact) mass is 682 g/mol. The van der Waals surface area contributed by atoms with Gasteiger partial charge < -0.3 is 23.8 Å². The molecule has 6 rings (SSSR count). The fourth-order valence-corrected chi connectivity index (χ4v) is 7.40. The van der Waals surface area contributed by atoms with E-state index in [2.05, 4.69) is 34.5 Å². The summed E-state index contributed by atoms with van der Waals surface area (Å²) in [5.41, 5.74) is 5.97. The maximum atomic E-state index is 12.6. The van der Waals surface area contributed by atoms with Gasteiger partial charge in [-0.2, -0.15) is 0 Å². The zero-order valence-electron chi connectivity index (χ0n) is 28.5.